The van der Waals surface area contributed by atoms with Gasteiger partial charge < -0.3 is 0 Å². The van der Waals surface area contributed by atoms with Gasteiger partial charge in [-0.15, -0.1) is 7.92 Å². The highest BCUT2D eigenvalue weighted by atomic mass is 31.1. The van der Waals surface area contributed by atoms with Crippen LogP contribution in [0.2, 0.25) is 0 Å². The Morgan fingerprint density at radius 1 is 1.00 bits per heavy atom. The van der Waals surface area contributed by atoms with E-state index >= 15 is 0 Å². The van der Waals surface area contributed by atoms with Crippen molar-refractivity contribution < 1.29 is 0 Å². The summed E-state index contributed by atoms with van der Waals surface area (Å²) in [5, 5.41) is 0. The lowest BCUT2D eigenvalue weighted by molar-refractivity contribution is 0.863. The van der Waals surface area contributed by atoms with E-state index in [0.29, 0.717) is 0 Å². The highest BCUT2D eigenvalue weighted by Gasteiger charge is 2.07. The van der Waals surface area contributed by atoms with Crippen molar-refractivity contribution in [3.8, 4) is 0 Å². The van der Waals surface area contributed by atoms with Crippen LogP contribution in [0.15, 0.2) is 24.4 Å². The summed E-state index contributed by atoms with van der Waals surface area (Å²) in [5.74, 6) is 0. The van der Waals surface area contributed by atoms with Crippen LogP contribution in [-0.2, 0) is 6.42 Å². The Bertz CT molecular complexity index is 266. The van der Waals surface area contributed by atoms with E-state index in [0.717, 1.165) is 0 Å². The van der Waals surface area contributed by atoms with Crippen molar-refractivity contribution in [2.75, 3.05) is 18.5 Å². The molecule has 0 saturated carbocycles. The van der Waals surface area contributed by atoms with Gasteiger partial charge >= 0.3 is 0 Å². The SMILES string of the molecule is CCCCP(CCCC)CCc1ccccn1. The predicted octanol–water partition coefficient (Wildman–Crippen LogP) is 4.71. The molecule has 1 rings (SSSR count). The van der Waals surface area contributed by atoms with Crippen molar-refractivity contribution in [2.45, 2.75) is 46.0 Å². The summed E-state index contributed by atoms with van der Waals surface area (Å²) in [6.07, 6.45) is 12.9. The van der Waals surface area contributed by atoms with Crippen LogP contribution in [-0.4, -0.2) is 23.5 Å². The summed E-state index contributed by atoms with van der Waals surface area (Å²) in [7, 11) is 0.264. The number of hydrogen-bond donors (Lipinski definition) is 0. The monoisotopic (exact) mass is 251 g/mol. The van der Waals surface area contributed by atoms with Gasteiger partial charge in [-0.25, -0.2) is 0 Å². The molecule has 0 fully saturated rings. The van der Waals surface area contributed by atoms with Gasteiger partial charge in [-0.3, -0.25) is 4.98 Å². The summed E-state index contributed by atoms with van der Waals surface area (Å²) >= 11 is 0. The molecule has 0 bridgehead atoms. The minimum absolute atomic E-state index is 0.264. The maximum Gasteiger partial charge on any atom is 0.0407 e. The summed E-state index contributed by atoms with van der Waals surface area (Å²) < 4.78 is 0. The van der Waals surface area contributed by atoms with Gasteiger partial charge in [-0.1, -0.05) is 32.8 Å². The number of pyridine rings is 1. The topological polar surface area (TPSA) is 12.9 Å². The lowest BCUT2D eigenvalue weighted by atomic mass is 10.3. The van der Waals surface area contributed by atoms with Crippen molar-refractivity contribution in [3.63, 3.8) is 0 Å². The molecule has 0 aliphatic rings. The Morgan fingerprint density at radius 3 is 2.24 bits per heavy atom. The van der Waals surface area contributed by atoms with E-state index in [9.17, 15) is 0 Å². The van der Waals surface area contributed by atoms with E-state index in [2.05, 4.69) is 31.0 Å². The molecule has 0 N–H and O–H groups in total. The largest absolute Gasteiger partial charge is 0.261 e. The van der Waals surface area contributed by atoms with Gasteiger partial charge in [0.15, 0.2) is 0 Å². The Balaban J connectivity index is 2.31. The lowest BCUT2D eigenvalue weighted by Crippen LogP contribution is -2.00. The number of nitrogens with zero attached hydrogens (tertiary/aromatic N) is 1. The van der Waals surface area contributed by atoms with Crippen molar-refractivity contribution >= 4 is 7.92 Å². The molecule has 0 radical (unpaired) electrons. The fourth-order valence-electron chi connectivity index (χ4n) is 1.92. The normalized spacial score (nSPS) is 11.0. The number of aromatic nitrogens is 1. The first-order valence-corrected chi connectivity index (χ1v) is 8.88. The second-order valence-corrected chi connectivity index (χ2v) is 7.30. The Labute approximate surface area is 108 Å². The second kappa shape index (κ2) is 9.59. The molecule has 0 aromatic carbocycles. The minimum atomic E-state index is 0.264. The van der Waals surface area contributed by atoms with Crippen molar-refractivity contribution in [1.29, 1.82) is 0 Å². The van der Waals surface area contributed by atoms with E-state index in [1.54, 1.807) is 0 Å². The van der Waals surface area contributed by atoms with Gasteiger partial charge in [0.1, 0.15) is 0 Å². The molecule has 96 valence electrons. The van der Waals surface area contributed by atoms with Gasteiger partial charge in [0.25, 0.3) is 0 Å². The van der Waals surface area contributed by atoms with Crippen LogP contribution in [0.3, 0.4) is 0 Å². The standard InChI is InChI=1S/C15H26NP/c1-3-5-12-17(13-6-4-2)14-10-15-9-7-8-11-16-15/h7-9,11H,3-6,10,12-14H2,1-2H3. The quantitative estimate of drug-likeness (QED) is 0.579. The summed E-state index contributed by atoms with van der Waals surface area (Å²) in [6.45, 7) is 4.60. The number of hydrogen-bond acceptors (Lipinski definition) is 1. The zero-order valence-electron chi connectivity index (χ0n) is 11.4. The molecule has 0 aliphatic carbocycles. The van der Waals surface area contributed by atoms with Crippen LogP contribution in [0.1, 0.15) is 45.2 Å². The summed E-state index contributed by atoms with van der Waals surface area (Å²) in [5.41, 5.74) is 1.27. The second-order valence-electron chi connectivity index (χ2n) is 4.62. The van der Waals surface area contributed by atoms with E-state index in [1.807, 2.05) is 12.3 Å². The van der Waals surface area contributed by atoms with E-state index in [-0.39, 0.29) is 7.92 Å². The predicted molar refractivity (Wildman–Crippen MR) is 79.3 cm³/mol. The molecular formula is C15H26NP. The van der Waals surface area contributed by atoms with Crippen LogP contribution >= 0.6 is 7.92 Å². The molecule has 17 heavy (non-hydrogen) atoms. The zero-order chi connectivity index (χ0) is 12.3. The van der Waals surface area contributed by atoms with Crippen LogP contribution in [0.4, 0.5) is 0 Å². The smallest absolute Gasteiger partial charge is 0.0407 e. The average molecular weight is 251 g/mol. The third-order valence-electron chi connectivity index (χ3n) is 3.07. The van der Waals surface area contributed by atoms with Crippen LogP contribution < -0.4 is 0 Å². The first-order valence-electron chi connectivity index (χ1n) is 6.99. The van der Waals surface area contributed by atoms with Gasteiger partial charge in [0.2, 0.25) is 0 Å². The average Bonchev–Trinajstić information content (AvgIpc) is 2.39. The minimum Gasteiger partial charge on any atom is -0.261 e. The molecule has 0 saturated heterocycles. The molecular weight excluding hydrogens is 225 g/mol. The molecule has 1 aromatic rings. The van der Waals surface area contributed by atoms with Crippen LogP contribution in [0, 0.1) is 0 Å². The fraction of sp³-hybridized carbons (Fsp3) is 0.667. The van der Waals surface area contributed by atoms with Crippen LogP contribution in [0.5, 0.6) is 0 Å². The molecule has 0 spiro atoms. The number of aryl methyl sites for hydroxylation is 1. The molecule has 0 aliphatic heterocycles. The van der Waals surface area contributed by atoms with Gasteiger partial charge in [-0.2, -0.15) is 0 Å². The number of rotatable bonds is 9. The summed E-state index contributed by atoms with van der Waals surface area (Å²) in [4.78, 5) is 4.42. The Hall–Kier alpha value is -0.420. The molecule has 1 nitrogen and oxygen atoms in total. The fourth-order valence-corrected chi connectivity index (χ4v) is 4.66. The van der Waals surface area contributed by atoms with Crippen LogP contribution in [0.25, 0.3) is 0 Å². The molecule has 1 heterocycles. The zero-order valence-corrected chi connectivity index (χ0v) is 12.3. The highest BCUT2D eigenvalue weighted by Crippen LogP contribution is 2.38. The first-order chi connectivity index (χ1) is 8.36. The van der Waals surface area contributed by atoms with Crippen molar-refractivity contribution in [3.05, 3.63) is 30.1 Å². The van der Waals surface area contributed by atoms with Crippen molar-refractivity contribution in [1.82, 2.24) is 4.98 Å². The molecule has 0 unspecified atom stereocenters. The summed E-state index contributed by atoms with van der Waals surface area (Å²) in [6, 6.07) is 6.26. The maximum atomic E-state index is 4.42. The van der Waals surface area contributed by atoms with Gasteiger partial charge in [-0.05, 0) is 49.9 Å². The Kier molecular flexibility index (Phi) is 8.26. The molecule has 0 amide bonds. The molecule has 0 atom stereocenters. The van der Waals surface area contributed by atoms with E-state index in [1.165, 1.54) is 56.3 Å². The third kappa shape index (κ3) is 6.78. The molecule has 2 heteroatoms. The molecule has 1 aromatic heterocycles. The van der Waals surface area contributed by atoms with Gasteiger partial charge in [0.05, 0.1) is 0 Å². The maximum absolute atomic E-state index is 4.42. The van der Waals surface area contributed by atoms with E-state index in [4.69, 9.17) is 0 Å². The van der Waals surface area contributed by atoms with Gasteiger partial charge in [0, 0.05) is 11.9 Å². The number of unbranched alkanes of at least 4 members (excludes halogenated alkanes) is 2. The first kappa shape index (κ1) is 14.6. The third-order valence-corrected chi connectivity index (χ3v) is 5.82. The lowest BCUT2D eigenvalue weighted by Gasteiger charge is -2.16. The van der Waals surface area contributed by atoms with E-state index < -0.39 is 0 Å². The highest BCUT2D eigenvalue weighted by molar-refractivity contribution is 7.57. The Morgan fingerprint density at radius 2 is 1.71 bits per heavy atom. The van der Waals surface area contributed by atoms with Crippen molar-refractivity contribution in [2.24, 2.45) is 0 Å².